The Bertz CT molecular complexity index is 652. The fourth-order valence-electron chi connectivity index (χ4n) is 2.14. The van der Waals surface area contributed by atoms with Gasteiger partial charge in [-0.05, 0) is 101 Å². The first-order valence-corrected chi connectivity index (χ1v) is 10.2. The maximum Gasteiger partial charge on any atom is 0.293 e. The average Bonchev–Trinajstić information content (AvgIpc) is 2.76. The Hall–Kier alpha value is -0.290. The molecule has 1 heterocycles. The van der Waals surface area contributed by atoms with Crippen molar-refractivity contribution in [3.8, 4) is 5.75 Å². The summed E-state index contributed by atoms with van der Waals surface area (Å²) in [7, 11) is 0. The number of ether oxygens (including phenoxy) is 1. The molecule has 1 saturated heterocycles. The molecule has 1 aliphatic rings. The maximum atomic E-state index is 12.4. The van der Waals surface area contributed by atoms with Crippen molar-refractivity contribution in [1.82, 2.24) is 4.90 Å². The predicted octanol–water partition coefficient (Wildman–Crippen LogP) is 5.13. The Morgan fingerprint density at radius 1 is 1.26 bits per heavy atom. The van der Waals surface area contributed by atoms with Crippen molar-refractivity contribution >= 4 is 74.2 Å². The molecule has 0 unspecified atom stereocenters. The number of nitrogens with zero attached hydrogens (tertiary/aromatic N) is 1. The van der Waals surface area contributed by atoms with Crippen molar-refractivity contribution in [2.24, 2.45) is 0 Å². The molecule has 2 rings (SSSR count). The summed E-state index contributed by atoms with van der Waals surface area (Å²) < 4.78 is 7.60. The Labute approximate surface area is 167 Å². The van der Waals surface area contributed by atoms with Crippen LogP contribution in [0.15, 0.2) is 17.0 Å². The van der Waals surface area contributed by atoms with E-state index in [0.717, 1.165) is 36.6 Å². The molecule has 4 nitrogen and oxygen atoms in total. The van der Waals surface area contributed by atoms with E-state index in [4.69, 9.17) is 4.74 Å². The van der Waals surface area contributed by atoms with Gasteiger partial charge < -0.3 is 4.74 Å². The molecule has 0 radical (unpaired) electrons. The number of hydrogen-bond donors (Lipinski definition) is 0. The molecule has 0 aromatic heterocycles. The highest BCUT2D eigenvalue weighted by molar-refractivity contribution is 14.1. The van der Waals surface area contributed by atoms with Crippen LogP contribution in [0.25, 0.3) is 6.08 Å². The number of carbonyl (C=O) groups is 2. The van der Waals surface area contributed by atoms with E-state index in [0.29, 0.717) is 11.5 Å². The Kier molecular flexibility index (Phi) is 6.78. The highest BCUT2D eigenvalue weighted by atomic mass is 127. The van der Waals surface area contributed by atoms with E-state index < -0.39 is 0 Å². The highest BCUT2D eigenvalue weighted by Gasteiger charge is 2.37. The fourth-order valence-corrected chi connectivity index (χ4v) is 5.20. The lowest BCUT2D eigenvalue weighted by Gasteiger charge is -2.19. The van der Waals surface area contributed by atoms with E-state index in [1.165, 1.54) is 4.90 Å². The topological polar surface area (TPSA) is 46.6 Å². The molecule has 0 bridgehead atoms. The van der Waals surface area contributed by atoms with Gasteiger partial charge in [-0.15, -0.1) is 0 Å². The summed E-state index contributed by atoms with van der Waals surface area (Å²) in [5.74, 6) is 0.659. The van der Waals surface area contributed by atoms with Gasteiger partial charge in [0, 0.05) is 6.04 Å². The second kappa shape index (κ2) is 8.19. The van der Waals surface area contributed by atoms with Crippen LogP contribution in [0, 0.1) is 7.14 Å². The van der Waals surface area contributed by atoms with Crippen LogP contribution in [0.2, 0.25) is 0 Å². The van der Waals surface area contributed by atoms with Crippen LogP contribution in [-0.4, -0.2) is 28.7 Å². The highest BCUT2D eigenvalue weighted by Crippen LogP contribution is 2.36. The smallest absolute Gasteiger partial charge is 0.293 e. The first-order valence-electron chi connectivity index (χ1n) is 7.27. The average molecular weight is 557 g/mol. The summed E-state index contributed by atoms with van der Waals surface area (Å²) in [6, 6.07) is 3.85. The number of rotatable bonds is 5. The standard InChI is InChI=1S/C16H17I2NO3S/c1-4-9(3)19-15(20)13(23-16(19)21)8-10-6-11(17)14(22-5-2)12(18)7-10/h6-9H,4-5H2,1-3H3/b13-8+/t9-/m1/s1. The third-order valence-electron chi connectivity index (χ3n) is 3.46. The quantitative estimate of drug-likeness (QED) is 0.373. The van der Waals surface area contributed by atoms with Crippen molar-refractivity contribution in [2.45, 2.75) is 33.2 Å². The van der Waals surface area contributed by atoms with E-state index >= 15 is 0 Å². The molecule has 2 amide bonds. The van der Waals surface area contributed by atoms with Gasteiger partial charge in [-0.25, -0.2) is 0 Å². The van der Waals surface area contributed by atoms with Crippen LogP contribution in [0.1, 0.15) is 32.8 Å². The predicted molar refractivity (Wildman–Crippen MR) is 111 cm³/mol. The first kappa shape index (κ1) is 19.0. The summed E-state index contributed by atoms with van der Waals surface area (Å²) >= 11 is 5.46. The second-order valence-electron chi connectivity index (χ2n) is 5.06. The zero-order chi connectivity index (χ0) is 17.1. The molecule has 0 aliphatic carbocycles. The SMILES string of the molecule is CCOc1c(I)cc(/C=C2/SC(=O)N([C@H](C)CC)C2=O)cc1I. The van der Waals surface area contributed by atoms with Crippen molar-refractivity contribution in [2.75, 3.05) is 6.61 Å². The third kappa shape index (κ3) is 4.22. The van der Waals surface area contributed by atoms with E-state index in [2.05, 4.69) is 45.2 Å². The largest absolute Gasteiger partial charge is 0.492 e. The number of amides is 2. The van der Waals surface area contributed by atoms with Crippen molar-refractivity contribution in [3.05, 3.63) is 29.7 Å². The first-order chi connectivity index (χ1) is 10.9. The maximum absolute atomic E-state index is 12.4. The molecular weight excluding hydrogens is 540 g/mol. The number of carbonyl (C=O) groups excluding carboxylic acids is 2. The molecule has 0 N–H and O–H groups in total. The summed E-state index contributed by atoms with van der Waals surface area (Å²) in [6.45, 7) is 6.42. The van der Waals surface area contributed by atoms with Gasteiger partial charge in [0.2, 0.25) is 0 Å². The van der Waals surface area contributed by atoms with Crippen LogP contribution >= 0.6 is 56.9 Å². The lowest BCUT2D eigenvalue weighted by molar-refractivity contribution is -0.124. The molecular formula is C16H17I2NO3S. The molecule has 1 atom stereocenters. The summed E-state index contributed by atoms with van der Waals surface area (Å²) in [4.78, 5) is 26.3. The lowest BCUT2D eigenvalue weighted by Crippen LogP contribution is -2.36. The third-order valence-corrected chi connectivity index (χ3v) is 5.95. The van der Waals surface area contributed by atoms with Gasteiger partial charge in [-0.3, -0.25) is 14.5 Å². The zero-order valence-corrected chi connectivity index (χ0v) is 18.2. The Morgan fingerprint density at radius 3 is 2.39 bits per heavy atom. The molecule has 1 aromatic carbocycles. The Morgan fingerprint density at radius 2 is 1.87 bits per heavy atom. The molecule has 1 aliphatic heterocycles. The second-order valence-corrected chi connectivity index (χ2v) is 8.37. The molecule has 0 spiro atoms. The van der Waals surface area contributed by atoms with Gasteiger partial charge in [0.05, 0.1) is 18.7 Å². The number of benzene rings is 1. The number of imide groups is 1. The number of halogens is 2. The summed E-state index contributed by atoms with van der Waals surface area (Å²) in [5.41, 5.74) is 0.900. The minimum atomic E-state index is -0.201. The van der Waals surface area contributed by atoms with E-state index in [9.17, 15) is 9.59 Å². The van der Waals surface area contributed by atoms with Gasteiger partial charge in [-0.2, -0.15) is 0 Å². The molecule has 124 valence electrons. The van der Waals surface area contributed by atoms with Gasteiger partial charge >= 0.3 is 0 Å². The molecule has 7 heteroatoms. The summed E-state index contributed by atoms with van der Waals surface area (Å²) in [6.07, 6.45) is 2.54. The summed E-state index contributed by atoms with van der Waals surface area (Å²) in [5, 5.41) is -0.189. The van der Waals surface area contributed by atoms with E-state index in [1.807, 2.05) is 32.9 Å². The number of thioether (sulfide) groups is 1. The normalized spacial score (nSPS) is 18.0. The van der Waals surface area contributed by atoms with Crippen LogP contribution in [0.3, 0.4) is 0 Å². The van der Waals surface area contributed by atoms with Crippen LogP contribution < -0.4 is 4.74 Å². The van der Waals surface area contributed by atoms with Crippen LogP contribution in [0.4, 0.5) is 4.79 Å². The monoisotopic (exact) mass is 557 g/mol. The van der Waals surface area contributed by atoms with E-state index in [-0.39, 0.29) is 17.2 Å². The van der Waals surface area contributed by atoms with Gasteiger partial charge in [0.25, 0.3) is 11.1 Å². The van der Waals surface area contributed by atoms with Crippen LogP contribution in [-0.2, 0) is 4.79 Å². The Balaban J connectivity index is 2.33. The van der Waals surface area contributed by atoms with Gasteiger partial charge in [-0.1, -0.05) is 6.92 Å². The van der Waals surface area contributed by atoms with Crippen molar-refractivity contribution in [3.63, 3.8) is 0 Å². The van der Waals surface area contributed by atoms with Gasteiger partial charge in [0.15, 0.2) is 0 Å². The zero-order valence-electron chi connectivity index (χ0n) is 13.1. The minimum Gasteiger partial charge on any atom is -0.492 e. The fraction of sp³-hybridized carbons (Fsp3) is 0.375. The molecule has 1 aromatic rings. The lowest BCUT2D eigenvalue weighted by atomic mass is 10.2. The number of hydrogen-bond acceptors (Lipinski definition) is 4. The molecule has 1 fully saturated rings. The molecule has 0 saturated carbocycles. The minimum absolute atomic E-state index is 0.0750. The van der Waals surface area contributed by atoms with Crippen molar-refractivity contribution in [1.29, 1.82) is 0 Å². The molecule has 23 heavy (non-hydrogen) atoms. The van der Waals surface area contributed by atoms with E-state index in [1.54, 1.807) is 6.08 Å². The van der Waals surface area contributed by atoms with Crippen molar-refractivity contribution < 1.29 is 14.3 Å². The van der Waals surface area contributed by atoms with Gasteiger partial charge in [0.1, 0.15) is 5.75 Å². The van der Waals surface area contributed by atoms with Crippen LogP contribution in [0.5, 0.6) is 5.75 Å².